The van der Waals surface area contributed by atoms with Gasteiger partial charge in [0.15, 0.2) is 0 Å². The van der Waals surface area contributed by atoms with Gasteiger partial charge in [0.2, 0.25) is 5.91 Å². The molecule has 1 saturated carbocycles. The van der Waals surface area contributed by atoms with Crippen molar-refractivity contribution in [1.29, 1.82) is 0 Å². The molecule has 3 nitrogen and oxygen atoms in total. The number of primary amides is 1. The molecule has 1 heterocycles. The zero-order valence-electron chi connectivity index (χ0n) is 9.45. The zero-order chi connectivity index (χ0) is 10.7. The first-order valence-electron chi connectivity index (χ1n) is 6.30. The second kappa shape index (κ2) is 4.97. The molecule has 2 aliphatic rings. The van der Waals surface area contributed by atoms with E-state index in [2.05, 4.69) is 4.90 Å². The number of piperidine rings is 1. The molecule has 1 atom stereocenters. The van der Waals surface area contributed by atoms with Crippen LogP contribution in [0.25, 0.3) is 0 Å². The van der Waals surface area contributed by atoms with Gasteiger partial charge in [0.05, 0.1) is 0 Å². The summed E-state index contributed by atoms with van der Waals surface area (Å²) in [6.45, 7) is 2.47. The summed E-state index contributed by atoms with van der Waals surface area (Å²) < 4.78 is 0. The Balaban J connectivity index is 1.83. The first-order chi connectivity index (χ1) is 7.27. The molecule has 2 rings (SSSR count). The fourth-order valence-corrected chi connectivity index (χ4v) is 2.74. The highest BCUT2D eigenvalue weighted by molar-refractivity contribution is 5.73. The van der Waals surface area contributed by atoms with Crippen LogP contribution in [0.15, 0.2) is 0 Å². The number of nitrogens with two attached hydrogens (primary N) is 1. The van der Waals surface area contributed by atoms with Crippen molar-refractivity contribution >= 4 is 5.91 Å². The Kier molecular flexibility index (Phi) is 3.62. The van der Waals surface area contributed by atoms with Crippen LogP contribution in [0.2, 0.25) is 0 Å². The van der Waals surface area contributed by atoms with Crippen LogP contribution in [0.4, 0.5) is 0 Å². The Morgan fingerprint density at radius 1 is 1.27 bits per heavy atom. The van der Waals surface area contributed by atoms with Crippen molar-refractivity contribution in [3.63, 3.8) is 0 Å². The molecule has 0 radical (unpaired) electrons. The van der Waals surface area contributed by atoms with E-state index in [1.807, 2.05) is 0 Å². The minimum absolute atomic E-state index is 0.141. The quantitative estimate of drug-likeness (QED) is 0.747. The third kappa shape index (κ3) is 3.20. The lowest BCUT2D eigenvalue weighted by atomic mass is 10.0. The maximum Gasteiger partial charge on any atom is 0.217 e. The van der Waals surface area contributed by atoms with E-state index in [9.17, 15) is 4.79 Å². The second-order valence-corrected chi connectivity index (χ2v) is 5.01. The van der Waals surface area contributed by atoms with Crippen molar-refractivity contribution in [2.24, 2.45) is 11.7 Å². The molecule has 2 N–H and O–H groups in total. The molecular formula is C12H22N2O. The van der Waals surface area contributed by atoms with E-state index < -0.39 is 0 Å². The first-order valence-corrected chi connectivity index (χ1v) is 6.30. The first kappa shape index (κ1) is 10.9. The Morgan fingerprint density at radius 3 is 2.47 bits per heavy atom. The third-order valence-electron chi connectivity index (χ3n) is 3.71. The summed E-state index contributed by atoms with van der Waals surface area (Å²) in [6.07, 6.45) is 8.32. The smallest absolute Gasteiger partial charge is 0.217 e. The summed E-state index contributed by atoms with van der Waals surface area (Å²) in [5.41, 5.74) is 5.23. The van der Waals surface area contributed by atoms with Gasteiger partial charge in [-0.1, -0.05) is 6.42 Å². The third-order valence-corrected chi connectivity index (χ3v) is 3.71. The largest absolute Gasteiger partial charge is 0.370 e. The van der Waals surface area contributed by atoms with E-state index in [-0.39, 0.29) is 5.91 Å². The van der Waals surface area contributed by atoms with Crippen molar-refractivity contribution in [1.82, 2.24) is 4.90 Å². The summed E-state index contributed by atoms with van der Waals surface area (Å²) in [6, 6.07) is 0.651. The van der Waals surface area contributed by atoms with Gasteiger partial charge in [0, 0.05) is 12.5 Å². The SMILES string of the molecule is NC(=O)CCC(C1CC1)N1CCCCC1. The highest BCUT2D eigenvalue weighted by Crippen LogP contribution is 2.38. The van der Waals surface area contributed by atoms with Crippen molar-refractivity contribution < 1.29 is 4.79 Å². The minimum atomic E-state index is -0.141. The highest BCUT2D eigenvalue weighted by Gasteiger charge is 2.35. The van der Waals surface area contributed by atoms with E-state index in [4.69, 9.17) is 5.73 Å². The van der Waals surface area contributed by atoms with Crippen LogP contribution in [0.1, 0.15) is 44.9 Å². The molecule has 1 unspecified atom stereocenters. The average molecular weight is 210 g/mol. The number of likely N-dealkylation sites (tertiary alicyclic amines) is 1. The van der Waals surface area contributed by atoms with Crippen LogP contribution in [-0.4, -0.2) is 29.9 Å². The molecule has 2 fully saturated rings. The number of amides is 1. The molecular weight excluding hydrogens is 188 g/mol. The molecule has 3 heteroatoms. The minimum Gasteiger partial charge on any atom is -0.370 e. The van der Waals surface area contributed by atoms with Gasteiger partial charge in [0.1, 0.15) is 0 Å². The summed E-state index contributed by atoms with van der Waals surface area (Å²) in [5, 5.41) is 0. The van der Waals surface area contributed by atoms with Crippen LogP contribution in [-0.2, 0) is 4.79 Å². The molecule has 0 bridgehead atoms. The number of carbonyl (C=O) groups excluding carboxylic acids is 1. The Morgan fingerprint density at radius 2 is 1.93 bits per heavy atom. The number of nitrogens with zero attached hydrogens (tertiary/aromatic N) is 1. The van der Waals surface area contributed by atoms with Gasteiger partial charge in [-0.05, 0) is 51.1 Å². The lowest BCUT2D eigenvalue weighted by Gasteiger charge is -2.34. The van der Waals surface area contributed by atoms with Crippen molar-refractivity contribution in [3.8, 4) is 0 Å². The van der Waals surface area contributed by atoms with Gasteiger partial charge in [0.25, 0.3) is 0 Å². The fourth-order valence-electron chi connectivity index (χ4n) is 2.74. The standard InChI is InChI=1S/C12H22N2O/c13-12(15)7-6-11(10-4-5-10)14-8-2-1-3-9-14/h10-11H,1-9H2,(H2,13,15). The van der Waals surface area contributed by atoms with Crippen LogP contribution in [0.5, 0.6) is 0 Å². The summed E-state index contributed by atoms with van der Waals surface area (Å²) >= 11 is 0. The zero-order valence-corrected chi connectivity index (χ0v) is 9.45. The predicted octanol–water partition coefficient (Wildman–Crippen LogP) is 1.52. The van der Waals surface area contributed by atoms with Crippen LogP contribution < -0.4 is 5.73 Å². The molecule has 1 aliphatic heterocycles. The number of hydrogen-bond acceptors (Lipinski definition) is 2. The van der Waals surface area contributed by atoms with Gasteiger partial charge in [-0.3, -0.25) is 4.79 Å². The molecule has 86 valence electrons. The normalized spacial score (nSPS) is 25.1. The van der Waals surface area contributed by atoms with Gasteiger partial charge in [-0.15, -0.1) is 0 Å². The van der Waals surface area contributed by atoms with Crippen LogP contribution >= 0.6 is 0 Å². The maximum atomic E-state index is 10.8. The molecule has 1 saturated heterocycles. The second-order valence-electron chi connectivity index (χ2n) is 5.01. The van der Waals surface area contributed by atoms with Crippen molar-refractivity contribution in [3.05, 3.63) is 0 Å². The van der Waals surface area contributed by atoms with Gasteiger partial charge >= 0.3 is 0 Å². The lowest BCUT2D eigenvalue weighted by Crippen LogP contribution is -2.41. The summed E-state index contributed by atoms with van der Waals surface area (Å²) in [7, 11) is 0. The molecule has 1 amide bonds. The Bertz CT molecular complexity index is 220. The monoisotopic (exact) mass is 210 g/mol. The summed E-state index contributed by atoms with van der Waals surface area (Å²) in [5.74, 6) is 0.722. The maximum absolute atomic E-state index is 10.8. The summed E-state index contributed by atoms with van der Waals surface area (Å²) in [4.78, 5) is 13.4. The number of hydrogen-bond donors (Lipinski definition) is 1. The average Bonchev–Trinajstić information content (AvgIpc) is 3.03. The molecule has 0 aromatic carbocycles. The van der Waals surface area contributed by atoms with Gasteiger partial charge in [-0.2, -0.15) is 0 Å². The molecule has 0 aromatic heterocycles. The van der Waals surface area contributed by atoms with Crippen molar-refractivity contribution in [2.75, 3.05) is 13.1 Å². The van der Waals surface area contributed by atoms with Crippen molar-refractivity contribution in [2.45, 2.75) is 51.0 Å². The van der Waals surface area contributed by atoms with Gasteiger partial charge in [-0.25, -0.2) is 0 Å². The highest BCUT2D eigenvalue weighted by atomic mass is 16.1. The van der Waals surface area contributed by atoms with E-state index >= 15 is 0 Å². The van der Waals surface area contributed by atoms with E-state index in [1.54, 1.807) is 0 Å². The molecule has 15 heavy (non-hydrogen) atoms. The fraction of sp³-hybridized carbons (Fsp3) is 0.917. The van der Waals surface area contributed by atoms with E-state index in [1.165, 1.54) is 45.2 Å². The lowest BCUT2D eigenvalue weighted by molar-refractivity contribution is -0.118. The van der Waals surface area contributed by atoms with E-state index in [0.29, 0.717) is 12.5 Å². The molecule has 0 spiro atoms. The van der Waals surface area contributed by atoms with Gasteiger partial charge < -0.3 is 10.6 Å². The molecule has 0 aromatic rings. The topological polar surface area (TPSA) is 46.3 Å². The van der Waals surface area contributed by atoms with Crippen LogP contribution in [0, 0.1) is 5.92 Å². The predicted molar refractivity (Wildman–Crippen MR) is 60.4 cm³/mol. The Labute approximate surface area is 92.0 Å². The van der Waals surface area contributed by atoms with E-state index in [0.717, 1.165) is 12.3 Å². The molecule has 1 aliphatic carbocycles. The Hall–Kier alpha value is -0.570. The van der Waals surface area contributed by atoms with Crippen LogP contribution in [0.3, 0.4) is 0 Å². The number of rotatable bonds is 5. The number of carbonyl (C=O) groups is 1.